The number of nitrogen functional groups attached to an aromatic ring is 1. The number of rotatable bonds is 4. The van der Waals surface area contributed by atoms with Crippen LogP contribution < -0.4 is 10.5 Å². The van der Waals surface area contributed by atoms with Gasteiger partial charge in [-0.15, -0.1) is 0 Å². The summed E-state index contributed by atoms with van der Waals surface area (Å²) < 4.78 is 43.3. The number of nitrogens with zero attached hydrogens (tertiary/aromatic N) is 2. The molecule has 160 valence electrons. The molecular weight excluding hydrogens is 403 g/mol. The highest BCUT2D eigenvalue weighted by Gasteiger charge is 2.25. The van der Waals surface area contributed by atoms with Gasteiger partial charge in [0.05, 0.1) is 10.6 Å². The van der Waals surface area contributed by atoms with E-state index in [2.05, 4.69) is 14.7 Å². The Bertz CT molecular complexity index is 1170. The number of anilines is 1. The van der Waals surface area contributed by atoms with Crippen LogP contribution >= 0.6 is 0 Å². The minimum atomic E-state index is -3.79. The number of hydrogen-bond donors (Lipinski definition) is 2. The predicted molar refractivity (Wildman–Crippen MR) is 119 cm³/mol. The topological polar surface area (TPSA) is 98.0 Å². The molecule has 1 aromatic heterocycles. The van der Waals surface area contributed by atoms with E-state index in [0.717, 1.165) is 0 Å². The van der Waals surface area contributed by atoms with Crippen LogP contribution in [0.2, 0.25) is 0 Å². The molecule has 3 rings (SSSR count). The Morgan fingerprint density at radius 1 is 1.03 bits per heavy atom. The molecule has 0 saturated heterocycles. The summed E-state index contributed by atoms with van der Waals surface area (Å²) in [5.41, 5.74) is 7.19. The lowest BCUT2D eigenvalue weighted by Gasteiger charge is -2.21. The summed E-state index contributed by atoms with van der Waals surface area (Å²) in [6.07, 6.45) is 1.47. The van der Waals surface area contributed by atoms with Crippen molar-refractivity contribution in [1.82, 2.24) is 14.7 Å². The molecule has 0 spiro atoms. The van der Waals surface area contributed by atoms with Crippen molar-refractivity contribution in [3.05, 3.63) is 60.2 Å². The lowest BCUT2D eigenvalue weighted by molar-refractivity contribution is 0.491. The molecule has 0 amide bonds. The summed E-state index contributed by atoms with van der Waals surface area (Å²) in [4.78, 5) is 8.09. The molecular formula is C22H27FN4O2S. The quantitative estimate of drug-likeness (QED) is 0.633. The standard InChI is InChI=1S/C21H23FN4O2S.CH4/c1-13-17(12-24-20(23)25-13)16-10-9-14(11-18(16)22)15-7-5-6-8-19(15)29(27,28)26-21(2,3)4;/h5-12,26H,1-4H3,(H2,23,24,25);1H4. The molecule has 0 radical (unpaired) electrons. The van der Waals surface area contributed by atoms with Crippen molar-refractivity contribution in [1.29, 1.82) is 0 Å². The average molecular weight is 431 g/mol. The molecule has 0 aliphatic carbocycles. The highest BCUT2D eigenvalue weighted by Crippen LogP contribution is 2.32. The molecule has 0 fully saturated rings. The second-order valence-corrected chi connectivity index (χ2v) is 9.42. The van der Waals surface area contributed by atoms with Crippen molar-refractivity contribution >= 4 is 16.0 Å². The van der Waals surface area contributed by atoms with E-state index >= 15 is 0 Å². The van der Waals surface area contributed by atoms with Gasteiger partial charge >= 0.3 is 0 Å². The number of halogens is 1. The minimum absolute atomic E-state index is 0. The van der Waals surface area contributed by atoms with Crippen LogP contribution in [0.5, 0.6) is 0 Å². The number of hydrogen-bond acceptors (Lipinski definition) is 5. The molecule has 0 saturated carbocycles. The Balaban J connectivity index is 0.00000320. The third kappa shape index (κ3) is 5.01. The molecule has 0 atom stereocenters. The van der Waals surface area contributed by atoms with Gasteiger partial charge in [-0.25, -0.2) is 27.5 Å². The Morgan fingerprint density at radius 3 is 2.30 bits per heavy atom. The van der Waals surface area contributed by atoms with Gasteiger partial charge in [-0.3, -0.25) is 0 Å². The summed E-state index contributed by atoms with van der Waals surface area (Å²) in [7, 11) is -3.79. The zero-order valence-corrected chi connectivity index (χ0v) is 17.5. The van der Waals surface area contributed by atoms with Crippen molar-refractivity contribution in [3.63, 3.8) is 0 Å². The SMILES string of the molecule is C.Cc1nc(N)ncc1-c1ccc(-c2ccccc2S(=O)(=O)NC(C)(C)C)cc1F. The summed E-state index contributed by atoms with van der Waals surface area (Å²) in [5, 5.41) is 0. The van der Waals surface area contributed by atoms with Crippen LogP contribution in [0, 0.1) is 12.7 Å². The van der Waals surface area contributed by atoms with Gasteiger partial charge in [-0.2, -0.15) is 0 Å². The molecule has 0 aliphatic heterocycles. The van der Waals surface area contributed by atoms with E-state index in [0.29, 0.717) is 27.9 Å². The Kier molecular flexibility index (Phi) is 6.63. The van der Waals surface area contributed by atoms with E-state index < -0.39 is 21.4 Å². The number of aromatic nitrogens is 2. The average Bonchev–Trinajstić information content (AvgIpc) is 2.60. The van der Waals surface area contributed by atoms with Crippen molar-refractivity contribution in [2.75, 3.05) is 5.73 Å². The van der Waals surface area contributed by atoms with Crippen LogP contribution in [-0.2, 0) is 10.0 Å². The molecule has 30 heavy (non-hydrogen) atoms. The van der Waals surface area contributed by atoms with E-state index in [1.165, 1.54) is 18.3 Å². The van der Waals surface area contributed by atoms with Crippen LogP contribution in [0.4, 0.5) is 10.3 Å². The van der Waals surface area contributed by atoms with E-state index in [-0.39, 0.29) is 18.3 Å². The summed E-state index contributed by atoms with van der Waals surface area (Å²) >= 11 is 0. The van der Waals surface area contributed by atoms with Gasteiger partial charge in [-0.05, 0) is 45.4 Å². The first-order valence-corrected chi connectivity index (χ1v) is 10.5. The van der Waals surface area contributed by atoms with Gasteiger partial charge in [-0.1, -0.05) is 37.8 Å². The van der Waals surface area contributed by atoms with Crippen LogP contribution in [0.15, 0.2) is 53.6 Å². The van der Waals surface area contributed by atoms with Crippen LogP contribution in [0.1, 0.15) is 33.9 Å². The molecule has 6 nitrogen and oxygen atoms in total. The van der Waals surface area contributed by atoms with Crippen molar-refractivity contribution in [2.24, 2.45) is 0 Å². The number of nitrogens with two attached hydrogens (primary N) is 1. The second kappa shape index (κ2) is 8.49. The number of sulfonamides is 1. The number of nitrogens with one attached hydrogen (secondary N) is 1. The minimum Gasteiger partial charge on any atom is -0.368 e. The summed E-state index contributed by atoms with van der Waals surface area (Å²) in [6.45, 7) is 7.01. The molecule has 0 unspecified atom stereocenters. The fourth-order valence-corrected chi connectivity index (χ4v) is 4.70. The highest BCUT2D eigenvalue weighted by molar-refractivity contribution is 7.89. The second-order valence-electron chi connectivity index (χ2n) is 7.77. The van der Waals surface area contributed by atoms with E-state index in [1.807, 2.05) is 0 Å². The van der Waals surface area contributed by atoms with Gasteiger partial charge < -0.3 is 5.73 Å². The normalized spacial score (nSPS) is 11.8. The van der Waals surface area contributed by atoms with E-state index in [1.54, 1.807) is 58.0 Å². The third-order valence-corrected chi connectivity index (χ3v) is 6.00. The molecule has 0 bridgehead atoms. The summed E-state index contributed by atoms with van der Waals surface area (Å²) in [6, 6.07) is 11.1. The fourth-order valence-electron chi connectivity index (χ4n) is 3.05. The third-order valence-electron chi connectivity index (χ3n) is 4.19. The Morgan fingerprint density at radius 2 is 1.70 bits per heavy atom. The predicted octanol–water partition coefficient (Wildman–Crippen LogP) is 4.55. The van der Waals surface area contributed by atoms with Crippen LogP contribution in [-0.4, -0.2) is 23.9 Å². The van der Waals surface area contributed by atoms with Crippen molar-refractivity contribution in [2.45, 2.75) is 45.6 Å². The molecule has 1 heterocycles. The van der Waals surface area contributed by atoms with Crippen LogP contribution in [0.25, 0.3) is 22.3 Å². The first kappa shape index (κ1) is 23.4. The lowest BCUT2D eigenvalue weighted by atomic mass is 9.99. The molecule has 0 aliphatic rings. The Hall–Kier alpha value is -2.84. The number of benzene rings is 2. The molecule has 3 aromatic rings. The largest absolute Gasteiger partial charge is 0.368 e. The first-order chi connectivity index (χ1) is 13.5. The Labute approximate surface area is 177 Å². The number of aryl methyl sites for hydroxylation is 1. The van der Waals surface area contributed by atoms with Gasteiger partial charge in [0, 0.05) is 28.4 Å². The van der Waals surface area contributed by atoms with E-state index in [4.69, 9.17) is 5.73 Å². The monoisotopic (exact) mass is 430 g/mol. The van der Waals surface area contributed by atoms with Gasteiger partial charge in [0.1, 0.15) is 5.82 Å². The van der Waals surface area contributed by atoms with Crippen molar-refractivity contribution < 1.29 is 12.8 Å². The van der Waals surface area contributed by atoms with Crippen molar-refractivity contribution in [3.8, 4) is 22.3 Å². The maximum Gasteiger partial charge on any atom is 0.241 e. The van der Waals surface area contributed by atoms with Gasteiger partial charge in [0.2, 0.25) is 16.0 Å². The lowest BCUT2D eigenvalue weighted by Crippen LogP contribution is -2.40. The van der Waals surface area contributed by atoms with Gasteiger partial charge in [0.25, 0.3) is 0 Å². The fraction of sp³-hybridized carbons (Fsp3) is 0.273. The molecule has 8 heteroatoms. The zero-order valence-electron chi connectivity index (χ0n) is 16.7. The maximum absolute atomic E-state index is 14.9. The summed E-state index contributed by atoms with van der Waals surface area (Å²) in [5.74, 6) is -0.385. The maximum atomic E-state index is 14.9. The smallest absolute Gasteiger partial charge is 0.241 e. The zero-order chi connectivity index (χ0) is 21.4. The van der Waals surface area contributed by atoms with Gasteiger partial charge in [0.15, 0.2) is 0 Å². The van der Waals surface area contributed by atoms with Crippen LogP contribution in [0.3, 0.4) is 0 Å². The molecule has 3 N–H and O–H groups in total. The van der Waals surface area contributed by atoms with E-state index in [9.17, 15) is 12.8 Å². The first-order valence-electron chi connectivity index (χ1n) is 9.00. The molecule has 2 aromatic carbocycles. The highest BCUT2D eigenvalue weighted by atomic mass is 32.2.